The molecule has 0 unspecified atom stereocenters. The van der Waals surface area contributed by atoms with Crippen LogP contribution < -0.4 is 5.56 Å². The van der Waals surface area contributed by atoms with E-state index in [1.54, 1.807) is 29.5 Å². The van der Waals surface area contributed by atoms with E-state index in [0.717, 1.165) is 30.3 Å². The molecule has 29 heavy (non-hydrogen) atoms. The van der Waals surface area contributed by atoms with E-state index in [2.05, 4.69) is 25.2 Å². The highest BCUT2D eigenvalue weighted by atomic mass is 32.1. The minimum Gasteiger partial charge on any atom is -0.364 e. The molecule has 0 radical (unpaired) electrons. The van der Waals surface area contributed by atoms with Crippen molar-refractivity contribution in [3.05, 3.63) is 56.5 Å². The number of amides is 1. The summed E-state index contributed by atoms with van der Waals surface area (Å²) in [4.78, 5) is 40.2. The van der Waals surface area contributed by atoms with E-state index in [-0.39, 0.29) is 24.7 Å². The Morgan fingerprint density at radius 1 is 1.21 bits per heavy atom. The highest BCUT2D eigenvalue weighted by Crippen LogP contribution is 2.12. The van der Waals surface area contributed by atoms with Crippen LogP contribution in [0.3, 0.4) is 0 Å². The second kappa shape index (κ2) is 8.81. The Hall–Kier alpha value is -2.62. The molecule has 0 saturated carbocycles. The lowest BCUT2D eigenvalue weighted by Gasteiger charge is -2.34. The maximum atomic E-state index is 12.4. The molecule has 1 saturated heterocycles. The molecule has 3 aromatic rings. The van der Waals surface area contributed by atoms with Crippen LogP contribution >= 0.6 is 11.3 Å². The molecule has 4 rings (SSSR count). The predicted molar refractivity (Wildman–Crippen MR) is 111 cm³/mol. The lowest BCUT2D eigenvalue weighted by Crippen LogP contribution is -2.49. The number of piperazine rings is 1. The number of benzene rings is 1. The third-order valence-corrected chi connectivity index (χ3v) is 5.73. The first-order chi connectivity index (χ1) is 14.1. The summed E-state index contributed by atoms with van der Waals surface area (Å²) in [6, 6.07) is 7.14. The molecule has 0 atom stereocenters. The van der Waals surface area contributed by atoms with Crippen molar-refractivity contribution >= 4 is 28.1 Å². The van der Waals surface area contributed by atoms with Gasteiger partial charge in [0.1, 0.15) is 19.0 Å². The van der Waals surface area contributed by atoms with Crippen molar-refractivity contribution in [3.8, 4) is 0 Å². The van der Waals surface area contributed by atoms with E-state index in [9.17, 15) is 9.59 Å². The standard InChI is InChI=1S/C20H23N5O3S/c1-14-21-15(13-29-14)10-24-6-8-25(9-7-24)19(26)12-28-11-18-22-17-5-3-2-4-16(17)20(27)23-18/h2-5,13H,6-12H2,1H3,(H,22,23,27). The maximum Gasteiger partial charge on any atom is 0.258 e. The van der Waals surface area contributed by atoms with Crippen LogP contribution in [-0.4, -0.2) is 63.4 Å². The summed E-state index contributed by atoms with van der Waals surface area (Å²) in [7, 11) is 0. The van der Waals surface area contributed by atoms with Gasteiger partial charge in [-0.3, -0.25) is 14.5 Å². The van der Waals surface area contributed by atoms with Gasteiger partial charge in [0.05, 0.1) is 21.6 Å². The summed E-state index contributed by atoms with van der Waals surface area (Å²) < 4.78 is 5.52. The lowest BCUT2D eigenvalue weighted by molar-refractivity contribution is -0.138. The molecule has 3 heterocycles. The fourth-order valence-corrected chi connectivity index (χ4v) is 4.00. The van der Waals surface area contributed by atoms with E-state index in [4.69, 9.17) is 4.74 Å². The molecule has 0 aliphatic carbocycles. The number of carbonyl (C=O) groups is 1. The minimum atomic E-state index is -0.202. The lowest BCUT2D eigenvalue weighted by atomic mass is 10.2. The van der Waals surface area contributed by atoms with Gasteiger partial charge >= 0.3 is 0 Å². The van der Waals surface area contributed by atoms with Crippen molar-refractivity contribution < 1.29 is 9.53 Å². The van der Waals surface area contributed by atoms with E-state index in [0.29, 0.717) is 29.8 Å². The largest absolute Gasteiger partial charge is 0.364 e. The van der Waals surface area contributed by atoms with Gasteiger partial charge in [-0.15, -0.1) is 11.3 Å². The van der Waals surface area contributed by atoms with Crippen LogP contribution in [0.5, 0.6) is 0 Å². The van der Waals surface area contributed by atoms with Gasteiger partial charge in [0.15, 0.2) is 0 Å². The number of aromatic amines is 1. The first kappa shape index (κ1) is 19.7. The highest BCUT2D eigenvalue weighted by molar-refractivity contribution is 7.09. The SMILES string of the molecule is Cc1nc(CN2CCN(C(=O)COCc3nc4ccccc4c(=O)[nH]3)CC2)cs1. The van der Waals surface area contributed by atoms with Crippen molar-refractivity contribution in [1.29, 1.82) is 0 Å². The summed E-state index contributed by atoms with van der Waals surface area (Å²) in [5.74, 6) is 0.377. The zero-order valence-electron chi connectivity index (χ0n) is 16.3. The van der Waals surface area contributed by atoms with Crippen molar-refractivity contribution in [3.63, 3.8) is 0 Å². The third kappa shape index (κ3) is 4.87. The molecule has 1 amide bonds. The molecule has 0 bridgehead atoms. The molecule has 152 valence electrons. The number of hydrogen-bond donors (Lipinski definition) is 1. The van der Waals surface area contributed by atoms with Gasteiger partial charge in [-0.05, 0) is 19.1 Å². The van der Waals surface area contributed by atoms with Crippen molar-refractivity contribution in [2.75, 3.05) is 32.8 Å². The number of hydrogen-bond acceptors (Lipinski definition) is 7. The molecular formula is C20H23N5O3S. The quantitative estimate of drug-likeness (QED) is 0.659. The number of para-hydroxylation sites is 1. The van der Waals surface area contributed by atoms with Gasteiger partial charge in [0, 0.05) is 38.1 Å². The first-order valence-corrected chi connectivity index (χ1v) is 10.4. The monoisotopic (exact) mass is 413 g/mol. The summed E-state index contributed by atoms with van der Waals surface area (Å²) in [5, 5.41) is 3.71. The number of fused-ring (bicyclic) bond motifs is 1. The molecule has 1 aromatic carbocycles. The topological polar surface area (TPSA) is 91.4 Å². The number of nitrogens with one attached hydrogen (secondary N) is 1. The van der Waals surface area contributed by atoms with Gasteiger partial charge < -0.3 is 14.6 Å². The third-order valence-electron chi connectivity index (χ3n) is 4.90. The number of aryl methyl sites for hydroxylation is 1. The Balaban J connectivity index is 1.24. The summed E-state index contributed by atoms with van der Waals surface area (Å²) >= 11 is 1.66. The van der Waals surface area contributed by atoms with Crippen LogP contribution in [0.1, 0.15) is 16.5 Å². The molecule has 1 aliphatic rings. The molecule has 9 heteroatoms. The smallest absolute Gasteiger partial charge is 0.258 e. The van der Waals surface area contributed by atoms with E-state index >= 15 is 0 Å². The Bertz CT molecular complexity index is 1060. The van der Waals surface area contributed by atoms with Crippen LogP contribution in [0, 0.1) is 6.92 Å². The molecule has 8 nitrogen and oxygen atoms in total. The zero-order chi connectivity index (χ0) is 20.2. The number of thiazole rings is 1. The van der Waals surface area contributed by atoms with E-state index in [1.807, 2.05) is 17.9 Å². The molecule has 1 aliphatic heterocycles. The average Bonchev–Trinajstić information content (AvgIpc) is 3.13. The highest BCUT2D eigenvalue weighted by Gasteiger charge is 2.21. The maximum absolute atomic E-state index is 12.4. The molecule has 0 spiro atoms. The van der Waals surface area contributed by atoms with Crippen molar-refractivity contribution in [2.45, 2.75) is 20.1 Å². The Labute approximate surface area is 172 Å². The van der Waals surface area contributed by atoms with Gasteiger partial charge in [-0.25, -0.2) is 9.97 Å². The van der Waals surface area contributed by atoms with Gasteiger partial charge in [0.25, 0.3) is 5.56 Å². The second-order valence-corrected chi connectivity index (χ2v) is 8.10. The summed E-state index contributed by atoms with van der Waals surface area (Å²) in [6.07, 6.45) is 0. The van der Waals surface area contributed by atoms with Crippen molar-refractivity contribution in [2.24, 2.45) is 0 Å². The molecule has 1 fully saturated rings. The number of aromatic nitrogens is 3. The van der Waals surface area contributed by atoms with Crippen LogP contribution in [-0.2, 0) is 22.7 Å². The van der Waals surface area contributed by atoms with E-state index in [1.165, 1.54) is 0 Å². The Morgan fingerprint density at radius 2 is 2.00 bits per heavy atom. The number of carbonyl (C=O) groups excluding carboxylic acids is 1. The second-order valence-electron chi connectivity index (χ2n) is 7.04. The molecule has 1 N–H and O–H groups in total. The van der Waals surface area contributed by atoms with Crippen LogP contribution in [0.4, 0.5) is 0 Å². The Morgan fingerprint density at radius 3 is 2.76 bits per heavy atom. The molecular weight excluding hydrogens is 390 g/mol. The van der Waals surface area contributed by atoms with Gasteiger partial charge in [-0.2, -0.15) is 0 Å². The van der Waals surface area contributed by atoms with Crippen molar-refractivity contribution in [1.82, 2.24) is 24.8 Å². The van der Waals surface area contributed by atoms with Crippen LogP contribution in [0.2, 0.25) is 0 Å². The number of ether oxygens (including phenoxy) is 1. The first-order valence-electron chi connectivity index (χ1n) is 9.55. The van der Waals surface area contributed by atoms with E-state index < -0.39 is 0 Å². The summed E-state index contributed by atoms with van der Waals surface area (Å²) in [6.45, 7) is 5.89. The fourth-order valence-electron chi connectivity index (χ4n) is 3.39. The normalized spacial score (nSPS) is 15.1. The number of nitrogens with zero attached hydrogens (tertiary/aromatic N) is 4. The molecule has 2 aromatic heterocycles. The van der Waals surface area contributed by atoms with Gasteiger partial charge in [-0.1, -0.05) is 12.1 Å². The number of rotatable bonds is 6. The van der Waals surface area contributed by atoms with Crippen LogP contribution in [0.25, 0.3) is 10.9 Å². The fraction of sp³-hybridized carbons (Fsp3) is 0.400. The number of H-pyrrole nitrogens is 1. The zero-order valence-corrected chi connectivity index (χ0v) is 17.1. The average molecular weight is 414 g/mol. The van der Waals surface area contributed by atoms with Gasteiger partial charge in [0.2, 0.25) is 5.91 Å². The summed E-state index contributed by atoms with van der Waals surface area (Å²) in [5.41, 5.74) is 1.51. The predicted octanol–water partition coefficient (Wildman–Crippen LogP) is 1.55. The Kier molecular flexibility index (Phi) is 5.98. The minimum absolute atomic E-state index is 0.0260. The van der Waals surface area contributed by atoms with Crippen LogP contribution in [0.15, 0.2) is 34.4 Å².